The number of nitrogens with one attached hydrogen (secondary N) is 1. The molecule has 0 aromatic carbocycles. The number of morpholine rings is 1. The number of aromatic nitrogens is 1. The lowest BCUT2D eigenvalue weighted by atomic mass is 10.2. The van der Waals surface area contributed by atoms with Gasteiger partial charge in [-0.3, -0.25) is 4.79 Å². The molecule has 1 aliphatic rings. The molecule has 0 saturated carbocycles. The summed E-state index contributed by atoms with van der Waals surface area (Å²) < 4.78 is 5.19. The van der Waals surface area contributed by atoms with E-state index in [4.69, 9.17) is 10.00 Å². The van der Waals surface area contributed by atoms with Crippen LogP contribution in [-0.4, -0.2) is 42.1 Å². The van der Waals surface area contributed by atoms with Crippen LogP contribution in [0.1, 0.15) is 5.56 Å². The minimum Gasteiger partial charge on any atom is -0.378 e. The number of rotatable bonds is 3. The zero-order valence-electron chi connectivity index (χ0n) is 11.3. The van der Waals surface area contributed by atoms with Crippen LogP contribution in [0.2, 0.25) is 0 Å². The number of pyridine rings is 1. The molecule has 0 unspecified atom stereocenters. The van der Waals surface area contributed by atoms with Crippen LogP contribution < -0.4 is 5.32 Å². The van der Waals surface area contributed by atoms with Crippen molar-refractivity contribution in [2.75, 3.05) is 31.6 Å². The summed E-state index contributed by atoms with van der Waals surface area (Å²) in [5.74, 6) is 0.354. The zero-order chi connectivity index (χ0) is 14.4. The van der Waals surface area contributed by atoms with Crippen molar-refractivity contribution in [1.82, 2.24) is 9.88 Å². The van der Waals surface area contributed by atoms with E-state index >= 15 is 0 Å². The third-order valence-corrected chi connectivity index (χ3v) is 3.01. The second-order valence-corrected chi connectivity index (χ2v) is 4.39. The molecular formula is C14H16N4O2. The molecule has 0 aliphatic carbocycles. The predicted octanol–water partition coefficient (Wildman–Crippen LogP) is 1.07. The number of carbonyl (C=O) groups excluding carboxylic acids is 1. The maximum Gasteiger partial charge on any atom is 0.266 e. The van der Waals surface area contributed by atoms with Crippen molar-refractivity contribution in [3.05, 3.63) is 35.7 Å². The molecule has 1 N–H and O–H groups in total. The van der Waals surface area contributed by atoms with Gasteiger partial charge < -0.3 is 15.0 Å². The average molecular weight is 272 g/mol. The molecular weight excluding hydrogens is 256 g/mol. The maximum atomic E-state index is 12.2. The second-order valence-electron chi connectivity index (χ2n) is 4.39. The number of carbonyl (C=O) groups is 1. The topological polar surface area (TPSA) is 78.2 Å². The van der Waals surface area contributed by atoms with Crippen molar-refractivity contribution < 1.29 is 9.53 Å². The molecule has 104 valence electrons. The Hall–Kier alpha value is -2.39. The van der Waals surface area contributed by atoms with E-state index in [1.165, 1.54) is 6.20 Å². The van der Waals surface area contributed by atoms with Crippen LogP contribution >= 0.6 is 0 Å². The number of aryl methyl sites for hydroxylation is 1. The minimum absolute atomic E-state index is 0.0666. The zero-order valence-corrected chi connectivity index (χ0v) is 11.3. The molecule has 1 fully saturated rings. The van der Waals surface area contributed by atoms with E-state index in [9.17, 15) is 4.79 Å². The Kier molecular flexibility index (Phi) is 4.69. The first-order chi connectivity index (χ1) is 9.72. The number of anilines is 1. The van der Waals surface area contributed by atoms with E-state index in [0.29, 0.717) is 32.1 Å². The monoisotopic (exact) mass is 272 g/mol. The van der Waals surface area contributed by atoms with Crippen LogP contribution in [0.4, 0.5) is 5.82 Å². The van der Waals surface area contributed by atoms with Crippen LogP contribution in [0, 0.1) is 18.3 Å². The highest BCUT2D eigenvalue weighted by molar-refractivity contribution is 5.97. The van der Waals surface area contributed by atoms with Crippen LogP contribution in [-0.2, 0) is 9.53 Å². The number of hydrogen-bond acceptors (Lipinski definition) is 5. The summed E-state index contributed by atoms with van der Waals surface area (Å²) in [5, 5.41) is 12.0. The summed E-state index contributed by atoms with van der Waals surface area (Å²) in [7, 11) is 0. The lowest BCUT2D eigenvalue weighted by Crippen LogP contribution is -2.41. The van der Waals surface area contributed by atoms with Gasteiger partial charge in [0.2, 0.25) is 0 Å². The van der Waals surface area contributed by atoms with Gasteiger partial charge in [-0.2, -0.15) is 5.26 Å². The lowest BCUT2D eigenvalue weighted by Gasteiger charge is -2.26. The summed E-state index contributed by atoms with van der Waals surface area (Å²) in [6, 6.07) is 5.66. The summed E-state index contributed by atoms with van der Waals surface area (Å²) >= 11 is 0. The molecule has 1 amide bonds. The third-order valence-electron chi connectivity index (χ3n) is 3.01. The first-order valence-electron chi connectivity index (χ1n) is 6.38. The first kappa shape index (κ1) is 14.0. The highest BCUT2D eigenvalue weighted by Gasteiger charge is 2.20. The van der Waals surface area contributed by atoms with Crippen LogP contribution in [0.5, 0.6) is 0 Å². The lowest BCUT2D eigenvalue weighted by molar-refractivity contribution is -0.130. The fourth-order valence-electron chi connectivity index (χ4n) is 1.86. The van der Waals surface area contributed by atoms with Gasteiger partial charge in [0.25, 0.3) is 5.91 Å². The molecule has 6 nitrogen and oxygen atoms in total. The number of ether oxygens (including phenoxy) is 1. The van der Waals surface area contributed by atoms with Gasteiger partial charge in [-0.1, -0.05) is 6.07 Å². The van der Waals surface area contributed by atoms with Gasteiger partial charge in [0, 0.05) is 25.5 Å². The molecule has 2 heterocycles. The molecule has 0 radical (unpaired) electrons. The predicted molar refractivity (Wildman–Crippen MR) is 73.7 cm³/mol. The third kappa shape index (κ3) is 3.33. The van der Waals surface area contributed by atoms with E-state index in [0.717, 1.165) is 5.56 Å². The summed E-state index contributed by atoms with van der Waals surface area (Å²) in [5.41, 5.74) is 1.01. The Morgan fingerprint density at radius 2 is 2.30 bits per heavy atom. The molecule has 2 rings (SSSR count). The Morgan fingerprint density at radius 3 is 2.95 bits per heavy atom. The molecule has 1 saturated heterocycles. The molecule has 0 atom stereocenters. The first-order valence-corrected chi connectivity index (χ1v) is 6.38. The van der Waals surface area contributed by atoms with Gasteiger partial charge in [-0.25, -0.2) is 4.98 Å². The molecule has 1 aromatic rings. The van der Waals surface area contributed by atoms with Gasteiger partial charge >= 0.3 is 0 Å². The number of hydrogen-bond donors (Lipinski definition) is 1. The number of nitrogens with zero attached hydrogens (tertiary/aromatic N) is 3. The SMILES string of the molecule is Cc1cccnc1N/C=C(/C#N)C(=O)N1CCOCC1. The normalized spacial score (nSPS) is 15.6. The largest absolute Gasteiger partial charge is 0.378 e. The molecule has 6 heteroatoms. The van der Waals surface area contributed by atoms with E-state index in [2.05, 4.69) is 10.3 Å². The van der Waals surface area contributed by atoms with Gasteiger partial charge in [0.05, 0.1) is 13.2 Å². The van der Waals surface area contributed by atoms with E-state index in [-0.39, 0.29) is 11.5 Å². The van der Waals surface area contributed by atoms with E-state index < -0.39 is 0 Å². The molecule has 1 aromatic heterocycles. The standard InChI is InChI=1S/C14H16N4O2/c1-11-3-2-4-16-13(11)17-10-12(9-15)14(19)18-5-7-20-8-6-18/h2-4,10H,5-8H2,1H3,(H,16,17)/b12-10-. The maximum absolute atomic E-state index is 12.2. The van der Waals surface area contributed by atoms with E-state index in [1.54, 1.807) is 11.1 Å². The van der Waals surface area contributed by atoms with Crippen molar-refractivity contribution in [2.45, 2.75) is 6.92 Å². The Bertz CT molecular complexity index is 557. The molecule has 0 bridgehead atoms. The number of amides is 1. The molecule has 1 aliphatic heterocycles. The van der Waals surface area contributed by atoms with Crippen molar-refractivity contribution in [2.24, 2.45) is 0 Å². The summed E-state index contributed by atoms with van der Waals surface area (Å²) in [4.78, 5) is 17.9. The van der Waals surface area contributed by atoms with Gasteiger partial charge in [-0.05, 0) is 18.6 Å². The molecule has 20 heavy (non-hydrogen) atoms. The number of nitriles is 1. The summed E-state index contributed by atoms with van der Waals surface area (Å²) in [6.45, 7) is 3.95. The van der Waals surface area contributed by atoms with Crippen molar-refractivity contribution in [3.8, 4) is 6.07 Å². The van der Waals surface area contributed by atoms with E-state index in [1.807, 2.05) is 25.1 Å². The fraction of sp³-hybridized carbons (Fsp3) is 0.357. The van der Waals surface area contributed by atoms with Crippen LogP contribution in [0.3, 0.4) is 0 Å². The fourth-order valence-corrected chi connectivity index (χ4v) is 1.86. The van der Waals surface area contributed by atoms with Crippen molar-refractivity contribution >= 4 is 11.7 Å². The van der Waals surface area contributed by atoms with Gasteiger partial charge in [0.15, 0.2) is 0 Å². The quantitative estimate of drug-likeness (QED) is 0.657. The van der Waals surface area contributed by atoms with Gasteiger partial charge in [0.1, 0.15) is 17.5 Å². The van der Waals surface area contributed by atoms with Gasteiger partial charge in [-0.15, -0.1) is 0 Å². The highest BCUT2D eigenvalue weighted by atomic mass is 16.5. The van der Waals surface area contributed by atoms with Crippen molar-refractivity contribution in [3.63, 3.8) is 0 Å². The van der Waals surface area contributed by atoms with Crippen molar-refractivity contribution in [1.29, 1.82) is 5.26 Å². The Balaban J connectivity index is 2.08. The van der Waals surface area contributed by atoms with Crippen LogP contribution in [0.15, 0.2) is 30.1 Å². The Morgan fingerprint density at radius 1 is 1.55 bits per heavy atom. The summed E-state index contributed by atoms with van der Waals surface area (Å²) in [6.07, 6.45) is 3.06. The smallest absolute Gasteiger partial charge is 0.266 e. The van der Waals surface area contributed by atoms with Crippen LogP contribution in [0.25, 0.3) is 0 Å². The molecule has 0 spiro atoms. The average Bonchev–Trinajstić information content (AvgIpc) is 2.50. The highest BCUT2D eigenvalue weighted by Crippen LogP contribution is 2.11. The second kappa shape index (κ2) is 6.68. The minimum atomic E-state index is -0.281. The Labute approximate surface area is 117 Å².